The van der Waals surface area contributed by atoms with Crippen molar-refractivity contribution >= 4 is 5.91 Å². The van der Waals surface area contributed by atoms with Crippen LogP contribution in [0.25, 0.3) is 0 Å². The predicted octanol–water partition coefficient (Wildman–Crippen LogP) is 1.15. The van der Waals surface area contributed by atoms with Crippen LogP contribution in [0, 0.1) is 0 Å². The number of aromatic nitrogens is 2. The molecule has 6 heteroatoms. The number of hydrogen-bond donors (Lipinski definition) is 1. The Balaban J connectivity index is 1.66. The third-order valence-corrected chi connectivity index (χ3v) is 4.90. The Kier molecular flexibility index (Phi) is 4.49. The van der Waals surface area contributed by atoms with Gasteiger partial charge >= 0.3 is 0 Å². The van der Waals surface area contributed by atoms with E-state index in [4.69, 9.17) is 0 Å². The quantitative estimate of drug-likeness (QED) is 0.906. The number of amides is 1. The number of hydrogen-bond acceptors (Lipinski definition) is 4. The van der Waals surface area contributed by atoms with Gasteiger partial charge in [-0.05, 0) is 18.9 Å². The van der Waals surface area contributed by atoms with Crippen molar-refractivity contribution in [3.05, 3.63) is 17.5 Å². The van der Waals surface area contributed by atoms with Crippen LogP contribution in [0.4, 0.5) is 0 Å². The number of nitrogens with zero attached hydrogens (tertiary/aromatic N) is 4. The molecule has 0 bridgehead atoms. The van der Waals surface area contributed by atoms with E-state index in [0.29, 0.717) is 11.7 Å². The lowest BCUT2D eigenvalue weighted by Gasteiger charge is -2.32. The molecule has 22 heavy (non-hydrogen) atoms. The summed E-state index contributed by atoms with van der Waals surface area (Å²) in [6, 6.07) is 2.68. The van der Waals surface area contributed by atoms with Crippen molar-refractivity contribution in [1.29, 1.82) is 0 Å². The fourth-order valence-corrected chi connectivity index (χ4v) is 3.51. The molecule has 2 aliphatic rings. The van der Waals surface area contributed by atoms with Crippen LogP contribution < -0.4 is 0 Å². The van der Waals surface area contributed by atoms with Crippen molar-refractivity contribution < 1.29 is 9.90 Å². The number of carbonyl (C=O) groups excluding carboxylic acids is 1. The van der Waals surface area contributed by atoms with Crippen molar-refractivity contribution in [1.82, 2.24) is 19.6 Å². The summed E-state index contributed by atoms with van der Waals surface area (Å²) >= 11 is 0. The van der Waals surface area contributed by atoms with Crippen molar-refractivity contribution in [3.8, 4) is 0 Å². The van der Waals surface area contributed by atoms with E-state index in [1.54, 1.807) is 14.1 Å². The second-order valence-corrected chi connectivity index (χ2v) is 6.70. The highest BCUT2D eigenvalue weighted by molar-refractivity contribution is 5.76. The number of aliphatic hydroxyl groups excluding tert-OH is 1. The molecule has 0 spiro atoms. The number of rotatable bonds is 4. The minimum Gasteiger partial charge on any atom is -0.386 e. The zero-order valence-corrected chi connectivity index (χ0v) is 13.5. The van der Waals surface area contributed by atoms with Crippen LogP contribution in [-0.2, 0) is 17.9 Å². The molecule has 3 rings (SSSR count). The van der Waals surface area contributed by atoms with Gasteiger partial charge in [0.05, 0.1) is 24.4 Å². The zero-order valence-electron chi connectivity index (χ0n) is 13.5. The molecule has 1 aliphatic heterocycles. The molecule has 1 aromatic heterocycles. The van der Waals surface area contributed by atoms with Crippen LogP contribution in [0.15, 0.2) is 6.07 Å². The molecule has 6 nitrogen and oxygen atoms in total. The molecule has 122 valence electrons. The van der Waals surface area contributed by atoms with Gasteiger partial charge in [0.1, 0.15) is 6.10 Å². The van der Waals surface area contributed by atoms with E-state index in [0.717, 1.165) is 25.3 Å². The monoisotopic (exact) mass is 306 g/mol. The lowest BCUT2D eigenvalue weighted by molar-refractivity contribution is -0.130. The molecule has 1 atom stereocenters. The van der Waals surface area contributed by atoms with Crippen LogP contribution in [0.3, 0.4) is 0 Å². The standard InChI is InChI=1S/C16H26N4O2/c1-18(2)16(22)10-15(21)14-9-13-11-19(7-8-20(13)17-14)12-5-3-4-6-12/h9,12,15,21H,3-8,10-11H2,1-2H3. The topological polar surface area (TPSA) is 61.6 Å². The summed E-state index contributed by atoms with van der Waals surface area (Å²) in [5.74, 6) is -0.0777. The van der Waals surface area contributed by atoms with Gasteiger partial charge in [-0.3, -0.25) is 14.4 Å². The van der Waals surface area contributed by atoms with Crippen molar-refractivity contribution in [2.24, 2.45) is 0 Å². The second kappa shape index (κ2) is 6.38. The Morgan fingerprint density at radius 1 is 1.41 bits per heavy atom. The Hall–Kier alpha value is -1.40. The number of carbonyl (C=O) groups is 1. The summed E-state index contributed by atoms with van der Waals surface area (Å²) in [6.07, 6.45) is 4.58. The maximum absolute atomic E-state index is 11.7. The van der Waals surface area contributed by atoms with Crippen LogP contribution in [0.2, 0.25) is 0 Å². The van der Waals surface area contributed by atoms with Gasteiger partial charge in [0.25, 0.3) is 0 Å². The molecule has 0 saturated heterocycles. The number of aliphatic hydroxyl groups is 1. The highest BCUT2D eigenvalue weighted by atomic mass is 16.3. The average molecular weight is 306 g/mol. The Labute approximate surface area is 131 Å². The van der Waals surface area contributed by atoms with Gasteiger partial charge in [-0.15, -0.1) is 0 Å². The Morgan fingerprint density at radius 2 is 2.14 bits per heavy atom. The van der Waals surface area contributed by atoms with E-state index in [1.165, 1.54) is 30.6 Å². The highest BCUT2D eigenvalue weighted by Gasteiger charge is 2.28. The summed E-state index contributed by atoms with van der Waals surface area (Å²) in [6.45, 7) is 2.82. The molecule has 1 unspecified atom stereocenters. The lowest BCUT2D eigenvalue weighted by atomic mass is 10.1. The third kappa shape index (κ3) is 3.17. The molecule has 1 N–H and O–H groups in total. The first kappa shape index (κ1) is 15.5. The average Bonchev–Trinajstić information content (AvgIpc) is 3.15. The van der Waals surface area contributed by atoms with Crippen molar-refractivity contribution in [2.45, 2.75) is 57.3 Å². The molecule has 0 radical (unpaired) electrons. The first-order valence-electron chi connectivity index (χ1n) is 8.23. The third-order valence-electron chi connectivity index (χ3n) is 4.90. The van der Waals surface area contributed by atoms with E-state index in [1.807, 2.05) is 10.7 Å². The van der Waals surface area contributed by atoms with Gasteiger partial charge in [0, 0.05) is 33.2 Å². The molecule has 2 heterocycles. The van der Waals surface area contributed by atoms with Gasteiger partial charge in [-0.2, -0.15) is 5.10 Å². The van der Waals surface area contributed by atoms with Crippen LogP contribution in [-0.4, -0.2) is 57.3 Å². The fraction of sp³-hybridized carbons (Fsp3) is 0.750. The maximum atomic E-state index is 11.7. The SMILES string of the molecule is CN(C)C(=O)CC(O)c1cc2n(n1)CCN(C1CCCC1)C2. The largest absolute Gasteiger partial charge is 0.386 e. The molecular formula is C16H26N4O2. The lowest BCUT2D eigenvalue weighted by Crippen LogP contribution is -2.39. The summed E-state index contributed by atoms with van der Waals surface area (Å²) in [4.78, 5) is 15.8. The van der Waals surface area contributed by atoms with E-state index in [2.05, 4.69) is 10.00 Å². The first-order chi connectivity index (χ1) is 10.5. The minimum absolute atomic E-state index is 0.0777. The van der Waals surface area contributed by atoms with Crippen LogP contribution >= 0.6 is 0 Å². The van der Waals surface area contributed by atoms with E-state index < -0.39 is 6.10 Å². The van der Waals surface area contributed by atoms with E-state index in [-0.39, 0.29) is 12.3 Å². The van der Waals surface area contributed by atoms with E-state index >= 15 is 0 Å². The second-order valence-electron chi connectivity index (χ2n) is 6.70. The zero-order chi connectivity index (χ0) is 15.7. The summed E-state index contributed by atoms with van der Waals surface area (Å²) in [5, 5.41) is 14.7. The molecule has 1 amide bonds. The van der Waals surface area contributed by atoms with Crippen molar-refractivity contribution in [2.75, 3.05) is 20.6 Å². The summed E-state index contributed by atoms with van der Waals surface area (Å²) in [7, 11) is 3.40. The summed E-state index contributed by atoms with van der Waals surface area (Å²) < 4.78 is 1.99. The van der Waals surface area contributed by atoms with Gasteiger partial charge < -0.3 is 10.0 Å². The molecule has 1 aliphatic carbocycles. The molecule has 1 saturated carbocycles. The fourth-order valence-electron chi connectivity index (χ4n) is 3.51. The highest BCUT2D eigenvalue weighted by Crippen LogP contribution is 2.28. The van der Waals surface area contributed by atoms with Gasteiger partial charge in [-0.25, -0.2) is 0 Å². The minimum atomic E-state index is -0.812. The van der Waals surface area contributed by atoms with Crippen molar-refractivity contribution in [3.63, 3.8) is 0 Å². The Bertz CT molecular complexity index is 534. The molecular weight excluding hydrogens is 280 g/mol. The molecule has 1 aromatic rings. The predicted molar refractivity (Wildman–Crippen MR) is 83.2 cm³/mol. The number of fused-ring (bicyclic) bond motifs is 1. The van der Waals surface area contributed by atoms with Gasteiger partial charge in [0.2, 0.25) is 5.91 Å². The smallest absolute Gasteiger partial charge is 0.225 e. The maximum Gasteiger partial charge on any atom is 0.225 e. The van der Waals surface area contributed by atoms with Crippen LogP contribution in [0.1, 0.15) is 49.6 Å². The Morgan fingerprint density at radius 3 is 2.82 bits per heavy atom. The summed E-state index contributed by atoms with van der Waals surface area (Å²) in [5.41, 5.74) is 1.78. The molecule has 1 fully saturated rings. The normalized spacial score (nSPS) is 20.9. The van der Waals surface area contributed by atoms with E-state index in [9.17, 15) is 9.90 Å². The molecule has 0 aromatic carbocycles. The van der Waals surface area contributed by atoms with Gasteiger partial charge in [0.15, 0.2) is 0 Å². The first-order valence-corrected chi connectivity index (χ1v) is 8.23. The van der Waals surface area contributed by atoms with Crippen LogP contribution in [0.5, 0.6) is 0 Å². The van der Waals surface area contributed by atoms with Gasteiger partial charge in [-0.1, -0.05) is 12.8 Å².